The van der Waals surface area contributed by atoms with Crippen LogP contribution in [0.3, 0.4) is 0 Å². The smallest absolute Gasteiger partial charge is 0.319 e. The van der Waals surface area contributed by atoms with Crippen molar-refractivity contribution in [1.82, 2.24) is 4.98 Å². The highest BCUT2D eigenvalue weighted by Gasteiger charge is 2.44. The van der Waals surface area contributed by atoms with Gasteiger partial charge in [0.15, 0.2) is 0 Å². The van der Waals surface area contributed by atoms with Crippen molar-refractivity contribution < 1.29 is 13.2 Å². The maximum Gasteiger partial charge on any atom is 0.319 e. The van der Waals surface area contributed by atoms with Gasteiger partial charge in [-0.15, -0.1) is 0 Å². The van der Waals surface area contributed by atoms with E-state index in [9.17, 15) is 8.78 Å². The standard InChI is InChI=1S/C18H13F2N3OS.C2H6.CH5N/c1-18(12-5-3-2-4-6-12)23(17-21-9-10-24-17)22-16(25-18)14-11-13(19)7-8-15(14)20;2*1-2/h2-11H,1H3;1-2H3;2H2,1H3. The van der Waals surface area contributed by atoms with Crippen LogP contribution in [0.1, 0.15) is 31.9 Å². The van der Waals surface area contributed by atoms with E-state index in [0.29, 0.717) is 5.04 Å². The van der Waals surface area contributed by atoms with Crippen molar-refractivity contribution in [2.24, 2.45) is 10.8 Å². The average molecular weight is 419 g/mol. The molecule has 0 saturated heterocycles. The van der Waals surface area contributed by atoms with Crippen LogP contribution < -0.4 is 10.7 Å². The Bertz CT molecular complexity index is 935. The molecule has 5 nitrogen and oxygen atoms in total. The highest BCUT2D eigenvalue weighted by Crippen LogP contribution is 2.48. The van der Waals surface area contributed by atoms with Crippen molar-refractivity contribution in [1.29, 1.82) is 0 Å². The molecule has 1 atom stereocenters. The normalized spacial score (nSPS) is 17.6. The predicted octanol–water partition coefficient (Wildman–Crippen LogP) is 5.34. The minimum Gasteiger partial charge on any atom is -0.431 e. The summed E-state index contributed by atoms with van der Waals surface area (Å²) in [5, 5.41) is 6.43. The van der Waals surface area contributed by atoms with Crippen molar-refractivity contribution in [3.05, 3.63) is 83.8 Å². The average Bonchev–Trinajstić information content (AvgIpc) is 3.42. The summed E-state index contributed by atoms with van der Waals surface area (Å²) in [6.07, 6.45) is 2.96. The van der Waals surface area contributed by atoms with Crippen LogP contribution in [0, 0.1) is 11.6 Å². The highest BCUT2D eigenvalue weighted by molar-refractivity contribution is 8.15. The number of benzene rings is 2. The lowest BCUT2D eigenvalue weighted by Crippen LogP contribution is -2.34. The lowest BCUT2D eigenvalue weighted by molar-refractivity contribution is 0.502. The van der Waals surface area contributed by atoms with Gasteiger partial charge in [-0.25, -0.2) is 13.8 Å². The van der Waals surface area contributed by atoms with Gasteiger partial charge >= 0.3 is 6.01 Å². The van der Waals surface area contributed by atoms with Crippen molar-refractivity contribution in [3.63, 3.8) is 0 Å². The number of anilines is 1. The fourth-order valence-electron chi connectivity index (χ4n) is 2.68. The van der Waals surface area contributed by atoms with Gasteiger partial charge in [-0.05, 0) is 37.7 Å². The topological polar surface area (TPSA) is 67.7 Å². The molecule has 0 bridgehead atoms. The van der Waals surface area contributed by atoms with Crippen LogP contribution in [-0.4, -0.2) is 17.1 Å². The van der Waals surface area contributed by atoms with Gasteiger partial charge in [0.25, 0.3) is 0 Å². The maximum absolute atomic E-state index is 14.2. The summed E-state index contributed by atoms with van der Waals surface area (Å²) in [5.41, 5.74) is 5.55. The highest BCUT2D eigenvalue weighted by atomic mass is 32.2. The monoisotopic (exact) mass is 418 g/mol. The fraction of sp³-hybridized carbons (Fsp3) is 0.238. The van der Waals surface area contributed by atoms with E-state index in [0.717, 1.165) is 23.8 Å². The van der Waals surface area contributed by atoms with Crippen LogP contribution in [0.5, 0.6) is 0 Å². The van der Waals surface area contributed by atoms with Crippen LogP contribution >= 0.6 is 11.8 Å². The second kappa shape index (κ2) is 10.2. The third-order valence-electron chi connectivity index (χ3n) is 3.96. The number of rotatable bonds is 3. The van der Waals surface area contributed by atoms with E-state index in [4.69, 9.17) is 4.42 Å². The second-order valence-corrected chi connectivity index (χ2v) is 6.99. The zero-order valence-electron chi connectivity index (χ0n) is 16.8. The van der Waals surface area contributed by atoms with Crippen molar-refractivity contribution >= 4 is 22.8 Å². The number of aromatic nitrogens is 1. The minimum atomic E-state index is -0.708. The molecule has 2 N–H and O–H groups in total. The first-order chi connectivity index (χ1) is 14.1. The largest absolute Gasteiger partial charge is 0.431 e. The van der Waals surface area contributed by atoms with Crippen LogP contribution in [0.2, 0.25) is 0 Å². The van der Waals surface area contributed by atoms with Crippen molar-refractivity contribution in [2.45, 2.75) is 25.6 Å². The van der Waals surface area contributed by atoms with Crippen LogP contribution in [0.4, 0.5) is 14.8 Å². The third-order valence-corrected chi connectivity index (χ3v) is 5.26. The van der Waals surface area contributed by atoms with E-state index in [-0.39, 0.29) is 11.6 Å². The van der Waals surface area contributed by atoms with Crippen molar-refractivity contribution in [3.8, 4) is 0 Å². The van der Waals surface area contributed by atoms with E-state index in [1.54, 1.807) is 5.01 Å². The molecule has 4 rings (SSSR count). The Morgan fingerprint density at radius 3 is 2.38 bits per heavy atom. The Labute approximate surface area is 173 Å². The molecule has 1 aliphatic rings. The van der Waals surface area contributed by atoms with E-state index < -0.39 is 16.5 Å². The molecule has 1 aliphatic heterocycles. The summed E-state index contributed by atoms with van der Waals surface area (Å²) >= 11 is 1.32. The summed E-state index contributed by atoms with van der Waals surface area (Å²) in [6.45, 7) is 5.94. The number of hydrazone groups is 1. The lowest BCUT2D eigenvalue weighted by atomic mass is 10.1. The van der Waals surface area contributed by atoms with Gasteiger partial charge in [0.1, 0.15) is 27.8 Å². The molecule has 154 valence electrons. The predicted molar refractivity (Wildman–Crippen MR) is 115 cm³/mol. The molecule has 29 heavy (non-hydrogen) atoms. The van der Waals surface area contributed by atoms with E-state index in [1.165, 1.54) is 31.3 Å². The van der Waals surface area contributed by atoms with Crippen molar-refractivity contribution in [2.75, 3.05) is 12.1 Å². The van der Waals surface area contributed by atoms with Crippen LogP contribution in [-0.2, 0) is 4.87 Å². The number of halogens is 2. The summed E-state index contributed by atoms with van der Waals surface area (Å²) in [4.78, 5) is 3.45. The first kappa shape index (κ1) is 22.6. The summed E-state index contributed by atoms with van der Waals surface area (Å²) in [6, 6.07) is 13.2. The van der Waals surface area contributed by atoms with E-state index >= 15 is 0 Å². The van der Waals surface area contributed by atoms with Gasteiger partial charge in [0, 0.05) is 5.56 Å². The fourth-order valence-corrected chi connectivity index (χ4v) is 3.91. The number of thioether (sulfide) groups is 1. The molecule has 0 saturated carbocycles. The maximum atomic E-state index is 14.2. The molecule has 8 heteroatoms. The molecule has 0 amide bonds. The first-order valence-corrected chi connectivity index (χ1v) is 9.95. The molecular formula is C21H24F2N4OS. The summed E-state index contributed by atoms with van der Waals surface area (Å²) < 4.78 is 33.2. The Kier molecular flexibility index (Phi) is 7.92. The van der Waals surface area contributed by atoms with Gasteiger partial charge < -0.3 is 10.2 Å². The molecule has 0 fully saturated rings. The number of nitrogens with zero attached hydrogens (tertiary/aromatic N) is 3. The number of hydrogen-bond donors (Lipinski definition) is 1. The Hall–Kier alpha value is -2.71. The number of nitrogens with two attached hydrogens (primary N) is 1. The molecule has 1 aromatic heterocycles. The molecular weight excluding hydrogens is 394 g/mol. The quantitative estimate of drug-likeness (QED) is 0.622. The molecule has 0 spiro atoms. The van der Waals surface area contributed by atoms with Gasteiger partial charge in [-0.2, -0.15) is 10.1 Å². The van der Waals surface area contributed by atoms with Gasteiger partial charge in [-0.3, -0.25) is 0 Å². The second-order valence-electron chi connectivity index (χ2n) is 5.61. The zero-order valence-corrected chi connectivity index (χ0v) is 17.6. The van der Waals surface area contributed by atoms with E-state index in [2.05, 4.69) is 15.8 Å². The molecule has 0 radical (unpaired) electrons. The minimum absolute atomic E-state index is 0.112. The van der Waals surface area contributed by atoms with Gasteiger partial charge in [0.2, 0.25) is 0 Å². The Morgan fingerprint density at radius 2 is 1.76 bits per heavy atom. The molecule has 0 aliphatic carbocycles. The van der Waals surface area contributed by atoms with Gasteiger partial charge in [0.05, 0.1) is 6.20 Å². The number of hydrogen-bond acceptors (Lipinski definition) is 6. The SMILES string of the molecule is CC.CC1(c2ccccc2)SC(c2cc(F)ccc2F)=NN1c1ncco1.CN. The Balaban J connectivity index is 0.000000707. The van der Waals surface area contributed by atoms with E-state index in [1.807, 2.05) is 51.1 Å². The first-order valence-electron chi connectivity index (χ1n) is 9.14. The third kappa shape index (κ3) is 4.65. The van der Waals surface area contributed by atoms with Gasteiger partial charge in [-0.1, -0.05) is 55.9 Å². The molecule has 1 unspecified atom stereocenters. The zero-order chi connectivity index (χ0) is 21.4. The number of oxazole rings is 1. The Morgan fingerprint density at radius 1 is 1.07 bits per heavy atom. The summed E-state index contributed by atoms with van der Waals surface area (Å²) in [5.74, 6) is -1.05. The molecule has 2 heterocycles. The molecule has 3 aromatic rings. The lowest BCUT2D eigenvalue weighted by Gasteiger charge is -2.30. The molecule has 2 aromatic carbocycles. The summed E-state index contributed by atoms with van der Waals surface area (Å²) in [7, 11) is 1.50. The van der Waals surface area contributed by atoms with Crippen LogP contribution in [0.25, 0.3) is 0 Å². The van der Waals surface area contributed by atoms with Crippen LogP contribution in [0.15, 0.2) is 70.5 Å².